The van der Waals surface area contributed by atoms with E-state index in [1.165, 1.54) is 5.01 Å². The van der Waals surface area contributed by atoms with Gasteiger partial charge in [-0.05, 0) is 55.7 Å². The molecule has 2 fully saturated rings. The van der Waals surface area contributed by atoms with Gasteiger partial charge in [-0.25, -0.2) is 9.80 Å². The topological polar surface area (TPSA) is 79.2 Å². The van der Waals surface area contributed by atoms with Crippen LogP contribution in [-0.4, -0.2) is 47.5 Å². The first-order valence-corrected chi connectivity index (χ1v) is 10.8. The number of fused-ring (bicyclic) bond motifs is 2. The lowest BCUT2D eigenvalue weighted by molar-refractivity contribution is -0.130. The number of aromatic carboxylic acids is 1. The van der Waals surface area contributed by atoms with Crippen molar-refractivity contribution in [2.24, 2.45) is 16.9 Å². The molecule has 3 rings (SSSR count). The molecule has 1 aromatic carbocycles. The van der Waals surface area contributed by atoms with E-state index in [1.54, 1.807) is 19.2 Å². The number of carbonyl (C=O) groups excluding carboxylic acids is 1. The maximum absolute atomic E-state index is 12.2. The average molecular weight is 401 g/mol. The zero-order valence-electron chi connectivity index (χ0n) is 17.4. The Morgan fingerprint density at radius 1 is 1.21 bits per heavy atom. The minimum atomic E-state index is -0.900. The monoisotopic (exact) mass is 400 g/mol. The number of carboxylic acid groups (broad SMARTS) is 1. The van der Waals surface area contributed by atoms with Crippen LogP contribution in [0, 0.1) is 11.8 Å². The van der Waals surface area contributed by atoms with Crippen molar-refractivity contribution in [2.45, 2.75) is 70.5 Å². The van der Waals surface area contributed by atoms with Crippen LogP contribution in [0.5, 0.6) is 0 Å². The van der Waals surface area contributed by atoms with Gasteiger partial charge in [0.05, 0.1) is 17.8 Å². The molecule has 6 heteroatoms. The third kappa shape index (κ3) is 5.44. The standard InChI is InChI=1S/C23H32N2O4/c1-3-4-5-6-22(26)25(2)24-15-19-18(20-13-14-21(19)29-20)12-9-16-7-10-17(11-8-16)23(27)28/h7-8,10-11,15,18-21H,3-6,9,12-14H2,1-2H3,(H,27,28). The van der Waals surface area contributed by atoms with E-state index in [-0.39, 0.29) is 24.0 Å². The Bertz CT molecular complexity index is 731. The summed E-state index contributed by atoms with van der Waals surface area (Å²) < 4.78 is 6.14. The zero-order chi connectivity index (χ0) is 20.8. The number of hydrazone groups is 1. The van der Waals surface area contributed by atoms with Crippen molar-refractivity contribution in [3.8, 4) is 0 Å². The summed E-state index contributed by atoms with van der Waals surface area (Å²) in [5.41, 5.74) is 1.45. The number of aryl methyl sites for hydroxylation is 1. The van der Waals surface area contributed by atoms with E-state index < -0.39 is 5.97 Å². The van der Waals surface area contributed by atoms with Crippen LogP contribution in [0.3, 0.4) is 0 Å². The van der Waals surface area contributed by atoms with Crippen molar-refractivity contribution in [3.05, 3.63) is 35.4 Å². The molecule has 0 radical (unpaired) electrons. The van der Waals surface area contributed by atoms with E-state index >= 15 is 0 Å². The van der Waals surface area contributed by atoms with Gasteiger partial charge in [0, 0.05) is 25.6 Å². The minimum absolute atomic E-state index is 0.0637. The Morgan fingerprint density at radius 3 is 2.62 bits per heavy atom. The van der Waals surface area contributed by atoms with Crippen LogP contribution in [0.4, 0.5) is 0 Å². The third-order valence-corrected chi connectivity index (χ3v) is 6.22. The first-order valence-electron chi connectivity index (χ1n) is 10.8. The highest BCUT2D eigenvalue weighted by Crippen LogP contribution is 2.44. The van der Waals surface area contributed by atoms with Gasteiger partial charge >= 0.3 is 5.97 Å². The highest BCUT2D eigenvalue weighted by atomic mass is 16.5. The van der Waals surface area contributed by atoms with E-state index in [9.17, 15) is 9.59 Å². The number of rotatable bonds is 10. The molecule has 158 valence electrons. The number of nitrogens with zero attached hydrogens (tertiary/aromatic N) is 2. The first kappa shape index (κ1) is 21.5. The van der Waals surface area contributed by atoms with Crippen LogP contribution in [-0.2, 0) is 16.0 Å². The van der Waals surface area contributed by atoms with Gasteiger partial charge in [-0.3, -0.25) is 4.79 Å². The Kier molecular flexibility index (Phi) is 7.42. The van der Waals surface area contributed by atoms with Crippen LogP contribution in [0.25, 0.3) is 0 Å². The fourth-order valence-electron chi connectivity index (χ4n) is 4.47. The summed E-state index contributed by atoms with van der Waals surface area (Å²) in [4.78, 5) is 23.2. The minimum Gasteiger partial charge on any atom is -0.478 e. The number of carboxylic acids is 1. The second-order valence-electron chi connectivity index (χ2n) is 8.21. The maximum atomic E-state index is 12.2. The molecule has 2 aliphatic rings. The van der Waals surface area contributed by atoms with Crippen molar-refractivity contribution in [2.75, 3.05) is 7.05 Å². The van der Waals surface area contributed by atoms with Crippen LogP contribution in [0.15, 0.2) is 29.4 Å². The molecule has 29 heavy (non-hydrogen) atoms. The third-order valence-electron chi connectivity index (χ3n) is 6.22. The van der Waals surface area contributed by atoms with E-state index in [2.05, 4.69) is 12.0 Å². The predicted molar refractivity (Wildman–Crippen MR) is 112 cm³/mol. The molecule has 6 nitrogen and oxygen atoms in total. The van der Waals surface area contributed by atoms with Gasteiger partial charge in [0.1, 0.15) is 0 Å². The van der Waals surface area contributed by atoms with E-state index in [4.69, 9.17) is 9.84 Å². The number of unbranched alkanes of at least 4 members (excludes halogenated alkanes) is 2. The average Bonchev–Trinajstić information content (AvgIpc) is 3.32. The molecule has 0 saturated carbocycles. The number of hydrogen-bond donors (Lipinski definition) is 1. The number of hydrogen-bond acceptors (Lipinski definition) is 4. The zero-order valence-corrected chi connectivity index (χ0v) is 17.4. The van der Waals surface area contributed by atoms with Gasteiger partial charge in [-0.2, -0.15) is 5.10 Å². The highest BCUT2D eigenvalue weighted by Gasteiger charge is 2.47. The molecule has 1 amide bonds. The summed E-state index contributed by atoms with van der Waals surface area (Å²) >= 11 is 0. The normalized spacial score (nSPS) is 25.6. The van der Waals surface area contributed by atoms with Crippen LogP contribution < -0.4 is 0 Å². The molecular formula is C23H32N2O4. The summed E-state index contributed by atoms with van der Waals surface area (Å²) in [7, 11) is 1.73. The summed E-state index contributed by atoms with van der Waals surface area (Å²) in [5.74, 6) is -0.213. The Hall–Kier alpha value is -2.21. The fourth-order valence-corrected chi connectivity index (χ4v) is 4.47. The van der Waals surface area contributed by atoms with Gasteiger partial charge in [0.25, 0.3) is 0 Å². The SMILES string of the molecule is CCCCCC(=O)N(C)N=CC1C2CCC(O2)C1CCc1ccc(C(=O)O)cc1. The predicted octanol–water partition coefficient (Wildman–Crippen LogP) is 4.14. The molecule has 0 aliphatic carbocycles. The molecule has 2 heterocycles. The molecule has 1 N–H and O–H groups in total. The van der Waals surface area contributed by atoms with E-state index in [0.717, 1.165) is 50.5 Å². The molecule has 0 spiro atoms. The van der Waals surface area contributed by atoms with Crippen LogP contribution in [0.1, 0.15) is 67.8 Å². The molecule has 2 bridgehead atoms. The van der Waals surface area contributed by atoms with Gasteiger partial charge in [-0.1, -0.05) is 31.9 Å². The fraction of sp³-hybridized carbons (Fsp3) is 0.609. The summed E-state index contributed by atoms with van der Waals surface area (Å²) in [5, 5.41) is 15.0. The number of amides is 1. The smallest absolute Gasteiger partial charge is 0.335 e. The lowest BCUT2D eigenvalue weighted by Gasteiger charge is -2.25. The molecule has 4 atom stereocenters. The molecule has 4 unspecified atom stereocenters. The van der Waals surface area contributed by atoms with Crippen molar-refractivity contribution >= 4 is 18.1 Å². The van der Waals surface area contributed by atoms with Gasteiger partial charge in [0.15, 0.2) is 0 Å². The molecular weight excluding hydrogens is 368 g/mol. The number of benzene rings is 1. The highest BCUT2D eigenvalue weighted by molar-refractivity contribution is 5.87. The number of ether oxygens (including phenoxy) is 1. The Morgan fingerprint density at radius 2 is 1.93 bits per heavy atom. The van der Waals surface area contributed by atoms with Gasteiger partial charge in [0.2, 0.25) is 5.91 Å². The Labute approximate surface area is 172 Å². The quantitative estimate of drug-likeness (QED) is 0.364. The molecule has 2 aliphatic heterocycles. The van der Waals surface area contributed by atoms with Crippen molar-refractivity contribution < 1.29 is 19.4 Å². The Balaban J connectivity index is 1.56. The van der Waals surface area contributed by atoms with Gasteiger partial charge < -0.3 is 9.84 Å². The first-order chi connectivity index (χ1) is 14.0. The largest absolute Gasteiger partial charge is 0.478 e. The van der Waals surface area contributed by atoms with E-state index in [0.29, 0.717) is 17.9 Å². The summed E-state index contributed by atoms with van der Waals surface area (Å²) in [6.07, 6.45) is 10.0. The lowest BCUT2D eigenvalue weighted by atomic mass is 9.77. The molecule has 0 aromatic heterocycles. The lowest BCUT2D eigenvalue weighted by Crippen LogP contribution is -2.30. The van der Waals surface area contributed by atoms with E-state index in [1.807, 2.05) is 18.3 Å². The second kappa shape index (κ2) is 10.0. The summed E-state index contributed by atoms with van der Waals surface area (Å²) in [6, 6.07) is 7.10. The van der Waals surface area contributed by atoms with Crippen LogP contribution >= 0.6 is 0 Å². The van der Waals surface area contributed by atoms with Crippen molar-refractivity contribution in [1.82, 2.24) is 5.01 Å². The molecule has 2 saturated heterocycles. The van der Waals surface area contributed by atoms with Crippen LogP contribution in [0.2, 0.25) is 0 Å². The molecule has 1 aromatic rings. The maximum Gasteiger partial charge on any atom is 0.335 e. The van der Waals surface area contributed by atoms with Crippen molar-refractivity contribution in [1.29, 1.82) is 0 Å². The summed E-state index contributed by atoms with van der Waals surface area (Å²) in [6.45, 7) is 2.13. The van der Waals surface area contributed by atoms with Gasteiger partial charge in [-0.15, -0.1) is 0 Å². The van der Waals surface area contributed by atoms with Crippen molar-refractivity contribution in [3.63, 3.8) is 0 Å². The second-order valence-corrected chi connectivity index (χ2v) is 8.21. The number of carbonyl (C=O) groups is 2.